The number of ether oxygens (including phenoxy) is 1. The molecular formula is C31H56O. The van der Waals surface area contributed by atoms with E-state index in [1.54, 1.807) is 0 Å². The predicted molar refractivity (Wildman–Crippen MR) is 144 cm³/mol. The lowest BCUT2D eigenvalue weighted by Gasteiger charge is -2.37. The summed E-state index contributed by atoms with van der Waals surface area (Å²) in [5.74, 6) is 3.79. The third kappa shape index (κ3) is 10.3. The molecule has 0 N–H and O–H groups in total. The molecule has 1 nitrogen and oxygen atoms in total. The maximum atomic E-state index is 6.60. The minimum Gasteiger partial charge on any atom is -0.487 e. The molecule has 3 atom stereocenters. The summed E-state index contributed by atoms with van der Waals surface area (Å²) < 4.78 is 6.60. The van der Waals surface area contributed by atoms with Gasteiger partial charge in [0.1, 0.15) is 11.4 Å². The summed E-state index contributed by atoms with van der Waals surface area (Å²) >= 11 is 0. The fraction of sp³-hybridized carbons (Fsp3) is 0.806. The average molecular weight is 445 g/mol. The number of benzene rings is 1. The average Bonchev–Trinajstić information content (AvgIpc) is 2.75. The summed E-state index contributed by atoms with van der Waals surface area (Å²) in [6.45, 7) is 20.4. The molecule has 2 rings (SSSR count). The Labute approximate surface area is 202 Å². The Morgan fingerprint density at radius 1 is 0.875 bits per heavy atom. The van der Waals surface area contributed by atoms with Crippen molar-refractivity contribution < 1.29 is 4.74 Å². The smallest absolute Gasteiger partial charge is 0.126 e. The Morgan fingerprint density at radius 2 is 1.44 bits per heavy atom. The monoisotopic (exact) mass is 444 g/mol. The Bertz CT molecular complexity index is 632. The van der Waals surface area contributed by atoms with E-state index in [1.165, 1.54) is 86.6 Å². The van der Waals surface area contributed by atoms with Crippen LogP contribution in [0.4, 0.5) is 0 Å². The van der Waals surface area contributed by atoms with E-state index in [0.717, 1.165) is 30.6 Å². The second kappa shape index (κ2) is 15.0. The van der Waals surface area contributed by atoms with Gasteiger partial charge < -0.3 is 4.74 Å². The zero-order valence-electron chi connectivity index (χ0n) is 23.3. The summed E-state index contributed by atoms with van der Waals surface area (Å²) in [4.78, 5) is 0. The standard InChI is InChI=1S/C29H50O.C2H6/c1-8-26-20-25(6)28-27(21-26)17-19-29(7,30-28)18-11-16-24(5)15-10-14-23(4)13-9-12-22(2)3;1-2/h20-24H,8-19H2,1-7H3;1-2H3. The molecular weight excluding hydrogens is 388 g/mol. The summed E-state index contributed by atoms with van der Waals surface area (Å²) in [5.41, 5.74) is 4.23. The molecule has 0 saturated heterocycles. The lowest BCUT2D eigenvalue weighted by atomic mass is 9.85. The summed E-state index contributed by atoms with van der Waals surface area (Å²) in [7, 11) is 0. The van der Waals surface area contributed by atoms with E-state index in [0.29, 0.717) is 0 Å². The molecule has 0 radical (unpaired) electrons. The van der Waals surface area contributed by atoms with Crippen LogP contribution in [0.3, 0.4) is 0 Å². The van der Waals surface area contributed by atoms with Crippen molar-refractivity contribution in [2.45, 2.75) is 145 Å². The largest absolute Gasteiger partial charge is 0.487 e. The minimum atomic E-state index is 0.0239. The Hall–Kier alpha value is -0.980. The van der Waals surface area contributed by atoms with Crippen LogP contribution in [-0.4, -0.2) is 5.60 Å². The van der Waals surface area contributed by atoms with Crippen molar-refractivity contribution in [3.8, 4) is 5.75 Å². The van der Waals surface area contributed by atoms with Crippen LogP contribution >= 0.6 is 0 Å². The number of fused-ring (bicyclic) bond motifs is 1. The molecule has 1 aromatic rings. The highest BCUT2D eigenvalue weighted by molar-refractivity contribution is 5.46. The van der Waals surface area contributed by atoms with E-state index >= 15 is 0 Å². The van der Waals surface area contributed by atoms with Gasteiger partial charge in [0.05, 0.1) is 0 Å². The van der Waals surface area contributed by atoms with Gasteiger partial charge in [-0.25, -0.2) is 0 Å². The summed E-state index contributed by atoms with van der Waals surface area (Å²) in [6, 6.07) is 4.68. The fourth-order valence-electron chi connectivity index (χ4n) is 5.14. The Morgan fingerprint density at radius 3 is 2.00 bits per heavy atom. The van der Waals surface area contributed by atoms with Gasteiger partial charge >= 0.3 is 0 Å². The van der Waals surface area contributed by atoms with Crippen molar-refractivity contribution in [1.29, 1.82) is 0 Å². The maximum Gasteiger partial charge on any atom is 0.126 e. The van der Waals surface area contributed by atoms with Gasteiger partial charge in [-0.3, -0.25) is 0 Å². The van der Waals surface area contributed by atoms with Crippen LogP contribution in [-0.2, 0) is 12.8 Å². The lowest BCUT2D eigenvalue weighted by Crippen LogP contribution is -2.36. The molecule has 3 unspecified atom stereocenters. The molecule has 186 valence electrons. The van der Waals surface area contributed by atoms with Crippen molar-refractivity contribution in [3.63, 3.8) is 0 Å². The Kier molecular flexibility index (Phi) is 13.6. The van der Waals surface area contributed by atoms with Crippen molar-refractivity contribution >= 4 is 0 Å². The van der Waals surface area contributed by atoms with Crippen LogP contribution < -0.4 is 4.74 Å². The van der Waals surface area contributed by atoms with Crippen molar-refractivity contribution in [2.24, 2.45) is 17.8 Å². The first-order valence-electron chi connectivity index (χ1n) is 14.0. The van der Waals surface area contributed by atoms with Crippen LogP contribution in [0.2, 0.25) is 0 Å². The number of hydrogen-bond acceptors (Lipinski definition) is 1. The molecule has 0 aromatic heterocycles. The molecule has 1 aromatic carbocycles. The number of hydrogen-bond donors (Lipinski definition) is 0. The number of rotatable bonds is 13. The van der Waals surface area contributed by atoms with E-state index in [-0.39, 0.29) is 5.60 Å². The van der Waals surface area contributed by atoms with Gasteiger partial charge in [0.2, 0.25) is 0 Å². The molecule has 0 bridgehead atoms. The molecule has 1 aliphatic rings. The second-order valence-corrected chi connectivity index (χ2v) is 11.2. The molecule has 0 fully saturated rings. The van der Waals surface area contributed by atoms with Gasteiger partial charge in [0.15, 0.2) is 0 Å². The van der Waals surface area contributed by atoms with Gasteiger partial charge in [-0.05, 0) is 80.4 Å². The third-order valence-electron chi connectivity index (χ3n) is 7.37. The second-order valence-electron chi connectivity index (χ2n) is 11.2. The van der Waals surface area contributed by atoms with Gasteiger partial charge in [-0.2, -0.15) is 0 Å². The van der Waals surface area contributed by atoms with Crippen molar-refractivity contribution in [3.05, 3.63) is 28.8 Å². The van der Waals surface area contributed by atoms with Crippen LogP contribution in [0.5, 0.6) is 5.75 Å². The van der Waals surface area contributed by atoms with E-state index in [2.05, 4.69) is 60.6 Å². The normalized spacial score (nSPS) is 19.6. The summed E-state index contributed by atoms with van der Waals surface area (Å²) in [6.07, 6.45) is 15.7. The van der Waals surface area contributed by atoms with E-state index in [9.17, 15) is 0 Å². The molecule has 0 amide bonds. The highest BCUT2D eigenvalue weighted by Crippen LogP contribution is 2.39. The SMILES string of the molecule is CC.CCc1cc(C)c2c(c1)CCC(C)(CCCC(C)CCCC(C)CCCC(C)C)O2. The molecule has 0 saturated carbocycles. The molecule has 32 heavy (non-hydrogen) atoms. The minimum absolute atomic E-state index is 0.0239. The zero-order valence-corrected chi connectivity index (χ0v) is 23.3. The fourth-order valence-corrected chi connectivity index (χ4v) is 5.14. The third-order valence-corrected chi connectivity index (χ3v) is 7.37. The molecule has 1 heterocycles. The van der Waals surface area contributed by atoms with E-state index in [1.807, 2.05) is 13.8 Å². The molecule has 1 aliphatic heterocycles. The van der Waals surface area contributed by atoms with Crippen LogP contribution in [0.25, 0.3) is 0 Å². The van der Waals surface area contributed by atoms with Gasteiger partial charge in [-0.15, -0.1) is 0 Å². The topological polar surface area (TPSA) is 9.23 Å². The van der Waals surface area contributed by atoms with Gasteiger partial charge in [0.25, 0.3) is 0 Å². The van der Waals surface area contributed by atoms with E-state index in [4.69, 9.17) is 4.74 Å². The zero-order chi connectivity index (χ0) is 24.1. The van der Waals surface area contributed by atoms with E-state index < -0.39 is 0 Å². The van der Waals surface area contributed by atoms with Crippen LogP contribution in [0.1, 0.15) is 136 Å². The molecule has 0 spiro atoms. The predicted octanol–water partition coefficient (Wildman–Crippen LogP) is 10.1. The van der Waals surface area contributed by atoms with Gasteiger partial charge in [-0.1, -0.05) is 106 Å². The first kappa shape index (κ1) is 29.1. The van der Waals surface area contributed by atoms with Gasteiger partial charge in [0, 0.05) is 0 Å². The molecule has 0 aliphatic carbocycles. The number of aryl methyl sites for hydroxylation is 3. The quantitative estimate of drug-likeness (QED) is 0.294. The van der Waals surface area contributed by atoms with Crippen LogP contribution in [0.15, 0.2) is 12.1 Å². The molecule has 1 heteroatoms. The lowest BCUT2D eigenvalue weighted by molar-refractivity contribution is 0.0516. The maximum absolute atomic E-state index is 6.60. The van der Waals surface area contributed by atoms with Crippen molar-refractivity contribution in [2.75, 3.05) is 0 Å². The van der Waals surface area contributed by atoms with Crippen molar-refractivity contribution in [1.82, 2.24) is 0 Å². The first-order valence-corrected chi connectivity index (χ1v) is 14.0. The first-order chi connectivity index (χ1) is 15.2. The highest BCUT2D eigenvalue weighted by Gasteiger charge is 2.32. The highest BCUT2D eigenvalue weighted by atomic mass is 16.5. The summed E-state index contributed by atoms with van der Waals surface area (Å²) in [5, 5.41) is 0. The Balaban J connectivity index is 0.00000249. The van der Waals surface area contributed by atoms with Crippen LogP contribution in [0, 0.1) is 24.7 Å².